The van der Waals surface area contributed by atoms with Gasteiger partial charge >= 0.3 is 6.03 Å². The second-order valence-corrected chi connectivity index (χ2v) is 12.5. The van der Waals surface area contributed by atoms with Crippen molar-refractivity contribution in [3.8, 4) is 11.5 Å². The highest BCUT2D eigenvalue weighted by molar-refractivity contribution is 7.92. The van der Waals surface area contributed by atoms with E-state index in [1.54, 1.807) is 36.4 Å². The zero-order valence-electron chi connectivity index (χ0n) is 24.4. The average molecular weight is 639 g/mol. The van der Waals surface area contributed by atoms with Crippen molar-refractivity contribution in [2.24, 2.45) is 0 Å². The number of halogens is 2. The Labute approximate surface area is 264 Å². The minimum absolute atomic E-state index is 0. The molecule has 1 heterocycles. The topological polar surface area (TPSA) is 91.0 Å². The normalized spacial score (nSPS) is 13.9. The van der Waals surface area contributed by atoms with Gasteiger partial charge in [0.25, 0.3) is 0 Å². The molecule has 0 atom stereocenters. The molecule has 4 aromatic carbocycles. The molecule has 1 aliphatic heterocycles. The van der Waals surface area contributed by atoms with Gasteiger partial charge in [0.1, 0.15) is 17.3 Å². The van der Waals surface area contributed by atoms with Crippen molar-refractivity contribution < 1.29 is 22.3 Å². The molecule has 0 aliphatic carbocycles. The Balaban J connectivity index is 0.00000442. The van der Waals surface area contributed by atoms with Crippen LogP contribution in [0.1, 0.15) is 24.0 Å². The van der Waals surface area contributed by atoms with Crippen LogP contribution >= 0.6 is 12.4 Å². The second kappa shape index (κ2) is 15.1. The summed E-state index contributed by atoms with van der Waals surface area (Å²) in [5.41, 5.74) is 3.26. The number of hydrogen-bond acceptors (Lipinski definition) is 5. The number of carbonyl (C=O) groups is 1. The molecule has 44 heavy (non-hydrogen) atoms. The second-order valence-electron chi connectivity index (χ2n) is 10.7. The molecule has 2 amide bonds. The van der Waals surface area contributed by atoms with Crippen molar-refractivity contribution in [3.63, 3.8) is 0 Å². The maximum Gasteiger partial charge on any atom is 0.322 e. The van der Waals surface area contributed by atoms with Crippen LogP contribution in [0.2, 0.25) is 0 Å². The number of urea groups is 1. The molecule has 0 bridgehead atoms. The number of rotatable bonds is 10. The maximum absolute atomic E-state index is 13.4. The molecule has 0 radical (unpaired) electrons. The number of hydrogen-bond donors (Lipinski definition) is 2. The van der Waals surface area contributed by atoms with E-state index in [2.05, 4.69) is 14.9 Å². The highest BCUT2D eigenvalue weighted by atomic mass is 35.5. The van der Waals surface area contributed by atoms with Crippen molar-refractivity contribution in [2.75, 3.05) is 29.4 Å². The molecular formula is C33H36ClFN4O4S. The summed E-state index contributed by atoms with van der Waals surface area (Å²) in [6.07, 6.45) is 2.79. The molecule has 8 nitrogen and oxygen atoms in total. The quantitative estimate of drug-likeness (QED) is 0.193. The van der Waals surface area contributed by atoms with Gasteiger partial charge in [0.05, 0.1) is 6.26 Å². The molecular weight excluding hydrogens is 603 g/mol. The van der Waals surface area contributed by atoms with E-state index >= 15 is 0 Å². The number of carbonyl (C=O) groups excluding carboxylic acids is 1. The van der Waals surface area contributed by atoms with Crippen molar-refractivity contribution in [1.82, 2.24) is 9.80 Å². The van der Waals surface area contributed by atoms with E-state index in [9.17, 15) is 17.6 Å². The van der Waals surface area contributed by atoms with Crippen LogP contribution in [-0.4, -0.2) is 49.6 Å². The van der Waals surface area contributed by atoms with Gasteiger partial charge in [-0.15, -0.1) is 12.4 Å². The van der Waals surface area contributed by atoms with Gasteiger partial charge in [-0.05, 0) is 84.6 Å². The Hall–Kier alpha value is -4.12. The Bertz CT molecular complexity index is 1600. The van der Waals surface area contributed by atoms with E-state index in [0.717, 1.165) is 49.9 Å². The summed E-state index contributed by atoms with van der Waals surface area (Å²) < 4.78 is 44.5. The van der Waals surface area contributed by atoms with Gasteiger partial charge in [-0.3, -0.25) is 9.62 Å². The number of amides is 2. The van der Waals surface area contributed by atoms with Gasteiger partial charge in [0.15, 0.2) is 0 Å². The standard InChI is InChI=1S/C33H35FN4O4S.ClH/c1-43(40,41)36-29-13-17-32(18-14-29)42-31-15-7-26(8-16-31)23-37-21-19-30(20-22-37)38(24-25-5-3-2-4-6-25)33(39)35-28-11-9-27(34)10-12-28;/h2-18,30,36H,19-24H2,1H3,(H,35,39);1H. The largest absolute Gasteiger partial charge is 0.457 e. The van der Waals surface area contributed by atoms with E-state index in [-0.39, 0.29) is 30.3 Å². The minimum Gasteiger partial charge on any atom is -0.457 e. The summed E-state index contributed by atoms with van der Waals surface area (Å²) in [6.45, 7) is 2.99. The zero-order valence-corrected chi connectivity index (χ0v) is 26.0. The molecule has 0 unspecified atom stereocenters. The number of nitrogens with one attached hydrogen (secondary N) is 2. The number of sulfonamides is 1. The van der Waals surface area contributed by atoms with E-state index in [0.29, 0.717) is 29.4 Å². The van der Waals surface area contributed by atoms with Crippen LogP contribution in [0.25, 0.3) is 0 Å². The molecule has 1 saturated heterocycles. The van der Waals surface area contributed by atoms with Gasteiger partial charge < -0.3 is 15.0 Å². The molecule has 0 saturated carbocycles. The van der Waals surface area contributed by atoms with Crippen LogP contribution in [0.4, 0.5) is 20.6 Å². The molecule has 5 rings (SSSR count). The van der Waals surface area contributed by atoms with Crippen LogP contribution in [-0.2, 0) is 23.1 Å². The lowest BCUT2D eigenvalue weighted by Crippen LogP contribution is -2.48. The first-order valence-corrected chi connectivity index (χ1v) is 16.0. The van der Waals surface area contributed by atoms with E-state index in [1.165, 1.54) is 12.1 Å². The van der Waals surface area contributed by atoms with Gasteiger partial charge in [-0.2, -0.15) is 0 Å². The summed E-state index contributed by atoms with van der Waals surface area (Å²) in [5.74, 6) is 0.956. The molecule has 4 aromatic rings. The summed E-state index contributed by atoms with van der Waals surface area (Å²) >= 11 is 0. The van der Waals surface area contributed by atoms with Crippen LogP contribution < -0.4 is 14.8 Å². The smallest absolute Gasteiger partial charge is 0.322 e. The fourth-order valence-electron chi connectivity index (χ4n) is 5.13. The number of ether oxygens (including phenoxy) is 1. The van der Waals surface area contributed by atoms with Gasteiger partial charge in [0.2, 0.25) is 10.0 Å². The Kier molecular flexibility index (Phi) is 11.2. The number of anilines is 2. The SMILES string of the molecule is CS(=O)(=O)Nc1ccc(Oc2ccc(CN3CCC(N(Cc4ccccc4)C(=O)Nc4ccc(F)cc4)CC3)cc2)cc1.Cl. The Morgan fingerprint density at radius 1 is 0.841 bits per heavy atom. The fraction of sp³-hybridized carbons (Fsp3) is 0.242. The first kappa shape index (κ1) is 32.8. The van der Waals surface area contributed by atoms with Crippen LogP contribution in [0, 0.1) is 5.82 Å². The Morgan fingerprint density at radius 2 is 1.41 bits per heavy atom. The van der Waals surface area contributed by atoms with Crippen LogP contribution in [0.5, 0.6) is 11.5 Å². The van der Waals surface area contributed by atoms with Crippen LogP contribution in [0.15, 0.2) is 103 Å². The van der Waals surface area contributed by atoms with E-state index in [4.69, 9.17) is 4.74 Å². The highest BCUT2D eigenvalue weighted by Gasteiger charge is 2.28. The molecule has 0 aromatic heterocycles. The van der Waals surface area contributed by atoms with Crippen molar-refractivity contribution in [1.29, 1.82) is 0 Å². The summed E-state index contributed by atoms with van der Waals surface area (Å²) in [4.78, 5) is 17.7. The van der Waals surface area contributed by atoms with Gasteiger partial charge in [-0.25, -0.2) is 17.6 Å². The lowest BCUT2D eigenvalue weighted by molar-refractivity contribution is 0.120. The third-order valence-electron chi connectivity index (χ3n) is 7.27. The lowest BCUT2D eigenvalue weighted by Gasteiger charge is -2.38. The maximum atomic E-state index is 13.4. The minimum atomic E-state index is -3.33. The molecule has 1 aliphatic rings. The lowest BCUT2D eigenvalue weighted by atomic mass is 10.0. The van der Waals surface area contributed by atoms with Gasteiger partial charge in [-0.1, -0.05) is 42.5 Å². The highest BCUT2D eigenvalue weighted by Crippen LogP contribution is 2.26. The molecule has 11 heteroatoms. The number of benzene rings is 4. The van der Waals surface area contributed by atoms with Gasteiger partial charge in [0, 0.05) is 43.6 Å². The molecule has 1 fully saturated rings. The van der Waals surface area contributed by atoms with Crippen molar-refractivity contribution >= 4 is 39.8 Å². The molecule has 232 valence electrons. The third-order valence-corrected chi connectivity index (χ3v) is 7.88. The first-order chi connectivity index (χ1) is 20.7. The summed E-state index contributed by atoms with van der Waals surface area (Å²) in [6, 6.07) is 30.3. The summed E-state index contributed by atoms with van der Waals surface area (Å²) in [7, 11) is -3.33. The third kappa shape index (κ3) is 9.70. The molecule has 0 spiro atoms. The zero-order chi connectivity index (χ0) is 30.2. The van der Waals surface area contributed by atoms with E-state index < -0.39 is 10.0 Å². The van der Waals surface area contributed by atoms with Crippen LogP contribution in [0.3, 0.4) is 0 Å². The Morgan fingerprint density at radius 3 is 2.00 bits per heavy atom. The van der Waals surface area contributed by atoms with Crippen molar-refractivity contribution in [2.45, 2.75) is 32.0 Å². The molecule has 2 N–H and O–H groups in total. The first-order valence-electron chi connectivity index (χ1n) is 14.1. The van der Waals surface area contributed by atoms with Crippen molar-refractivity contribution in [3.05, 3.63) is 120 Å². The monoisotopic (exact) mass is 638 g/mol. The average Bonchev–Trinajstić information content (AvgIpc) is 2.99. The number of piperidine rings is 1. The fourth-order valence-corrected chi connectivity index (χ4v) is 5.69. The number of likely N-dealkylation sites (tertiary alicyclic amines) is 1. The van der Waals surface area contributed by atoms with E-state index in [1.807, 2.05) is 59.5 Å². The predicted octanol–water partition coefficient (Wildman–Crippen LogP) is 7.11. The summed E-state index contributed by atoms with van der Waals surface area (Å²) in [5, 5.41) is 2.94. The number of nitrogens with zero attached hydrogens (tertiary/aromatic N) is 2. The predicted molar refractivity (Wildman–Crippen MR) is 174 cm³/mol.